The number of hydrogen-bond donors (Lipinski definition) is 3. The lowest BCUT2D eigenvalue weighted by molar-refractivity contribution is 0.145. The molecule has 0 aromatic heterocycles. The fourth-order valence-electron chi connectivity index (χ4n) is 4.43. The van der Waals surface area contributed by atoms with Gasteiger partial charge in [0, 0.05) is 54.4 Å². The highest BCUT2D eigenvalue weighted by Gasteiger charge is 2.20. The van der Waals surface area contributed by atoms with E-state index in [1.54, 1.807) is 7.11 Å². The van der Waals surface area contributed by atoms with Gasteiger partial charge in [-0.25, -0.2) is 0 Å². The number of halogens is 1. The molecule has 0 amide bonds. The monoisotopic (exact) mass is 467 g/mol. The van der Waals surface area contributed by atoms with Crippen LogP contribution in [0.4, 0.5) is 11.5 Å². The summed E-state index contributed by atoms with van der Waals surface area (Å²) in [6, 6.07) is 13.9. The Balaban J connectivity index is 1.30. The third-order valence-electron chi connectivity index (χ3n) is 6.32. The highest BCUT2D eigenvalue weighted by atomic mass is 35.5. The highest BCUT2D eigenvalue weighted by molar-refractivity contribution is 6.30. The summed E-state index contributed by atoms with van der Waals surface area (Å²) in [4.78, 5) is 4.89. The number of ether oxygens (including phenoxy) is 2. The molecule has 3 aliphatic rings. The van der Waals surface area contributed by atoms with Crippen LogP contribution >= 0.6 is 11.6 Å². The first-order chi connectivity index (χ1) is 16.1. The van der Waals surface area contributed by atoms with Crippen molar-refractivity contribution in [2.45, 2.75) is 6.42 Å². The molecule has 8 heteroatoms. The number of anilines is 2. The van der Waals surface area contributed by atoms with Crippen LogP contribution in [0.2, 0.25) is 5.02 Å². The van der Waals surface area contributed by atoms with Crippen LogP contribution in [-0.2, 0) is 0 Å². The predicted octanol–water partition coefficient (Wildman–Crippen LogP) is 5.02. The van der Waals surface area contributed by atoms with E-state index in [1.165, 1.54) is 0 Å². The van der Waals surface area contributed by atoms with E-state index in [0.717, 1.165) is 84.2 Å². The Morgan fingerprint density at radius 3 is 2.67 bits per heavy atom. The molecule has 1 fully saturated rings. The average Bonchev–Trinajstić information content (AvgIpc) is 3.36. The summed E-state index contributed by atoms with van der Waals surface area (Å²) in [6.45, 7) is 6.28. The molecule has 0 bridgehead atoms. The Hall–Kier alpha value is -2.87. The van der Waals surface area contributed by atoms with E-state index in [2.05, 4.69) is 44.5 Å². The van der Waals surface area contributed by atoms with Gasteiger partial charge in [0.25, 0.3) is 0 Å². The lowest BCUT2D eigenvalue weighted by Gasteiger charge is -2.32. The number of fused-ring (bicyclic) bond motifs is 3. The largest absolute Gasteiger partial charge is 0.493 e. The Labute approximate surface area is 198 Å². The highest BCUT2D eigenvalue weighted by Crippen LogP contribution is 2.43. The molecule has 1 saturated heterocycles. The SMILES string of the molecule is COc1cc2c3[nH][nH]c(Nc4cccc(Cl)c4)c-3cc2cc1OCCCN1CCN(C)CC1. The number of piperazine rings is 1. The Morgan fingerprint density at radius 1 is 1.03 bits per heavy atom. The molecule has 7 nitrogen and oxygen atoms in total. The van der Waals surface area contributed by atoms with Gasteiger partial charge < -0.3 is 24.6 Å². The van der Waals surface area contributed by atoms with Crippen LogP contribution in [0, 0.1) is 0 Å². The second-order valence-electron chi connectivity index (χ2n) is 8.63. The lowest BCUT2D eigenvalue weighted by atomic mass is 10.2. The Morgan fingerprint density at radius 2 is 1.88 bits per heavy atom. The van der Waals surface area contributed by atoms with Gasteiger partial charge in [0.2, 0.25) is 0 Å². The minimum atomic E-state index is 0.669. The normalized spacial score (nSPS) is 15.4. The van der Waals surface area contributed by atoms with Gasteiger partial charge in [-0.15, -0.1) is 0 Å². The number of H-pyrrole nitrogens is 2. The fraction of sp³-hybridized carbons (Fsp3) is 0.360. The zero-order chi connectivity index (χ0) is 22.8. The van der Waals surface area contributed by atoms with Crippen molar-refractivity contribution in [3.63, 3.8) is 0 Å². The van der Waals surface area contributed by atoms with Crippen LogP contribution in [0.1, 0.15) is 6.42 Å². The van der Waals surface area contributed by atoms with Crippen LogP contribution in [0.3, 0.4) is 0 Å². The molecule has 1 aliphatic carbocycles. The molecule has 5 rings (SSSR count). The predicted molar refractivity (Wildman–Crippen MR) is 135 cm³/mol. The van der Waals surface area contributed by atoms with Crippen molar-refractivity contribution in [1.82, 2.24) is 20.0 Å². The van der Waals surface area contributed by atoms with Crippen LogP contribution in [0.5, 0.6) is 11.5 Å². The maximum absolute atomic E-state index is 6.15. The summed E-state index contributed by atoms with van der Waals surface area (Å²) in [7, 11) is 3.87. The Bertz CT molecular complexity index is 1190. The van der Waals surface area contributed by atoms with Crippen molar-refractivity contribution in [1.29, 1.82) is 0 Å². The molecular formula is C25H30ClN5O2. The summed E-state index contributed by atoms with van der Waals surface area (Å²) in [5.41, 5.74) is 3.01. The zero-order valence-corrected chi connectivity index (χ0v) is 19.8. The number of aromatic nitrogens is 2. The second-order valence-corrected chi connectivity index (χ2v) is 9.07. The molecule has 0 radical (unpaired) electrons. The Kier molecular flexibility index (Phi) is 6.35. The number of hydrogen-bond acceptors (Lipinski definition) is 5. The molecule has 3 N–H and O–H groups in total. The van der Waals surface area contributed by atoms with Crippen LogP contribution < -0.4 is 14.8 Å². The molecule has 0 saturated carbocycles. The lowest BCUT2D eigenvalue weighted by Crippen LogP contribution is -2.44. The van der Waals surface area contributed by atoms with Gasteiger partial charge in [-0.1, -0.05) is 17.7 Å². The molecule has 0 spiro atoms. The maximum atomic E-state index is 6.15. The first-order valence-electron chi connectivity index (χ1n) is 11.4. The first kappa shape index (κ1) is 21.9. The van der Waals surface area contributed by atoms with E-state index in [0.29, 0.717) is 11.6 Å². The number of benzene rings is 2. The van der Waals surface area contributed by atoms with Crippen molar-refractivity contribution in [2.75, 3.05) is 58.8 Å². The molecule has 2 aliphatic heterocycles. The summed E-state index contributed by atoms with van der Waals surface area (Å²) in [5.74, 6) is 2.41. The molecule has 2 aromatic rings. The van der Waals surface area contributed by atoms with Crippen molar-refractivity contribution in [3.8, 4) is 22.8 Å². The van der Waals surface area contributed by atoms with Gasteiger partial charge in [0.15, 0.2) is 11.5 Å². The van der Waals surface area contributed by atoms with Crippen molar-refractivity contribution in [2.24, 2.45) is 0 Å². The van der Waals surface area contributed by atoms with E-state index < -0.39 is 0 Å². The van der Waals surface area contributed by atoms with Gasteiger partial charge >= 0.3 is 0 Å². The van der Waals surface area contributed by atoms with Crippen LogP contribution in [0.15, 0.2) is 42.5 Å². The number of aromatic amines is 2. The minimum Gasteiger partial charge on any atom is -0.493 e. The van der Waals surface area contributed by atoms with E-state index in [1.807, 2.05) is 30.3 Å². The van der Waals surface area contributed by atoms with Crippen LogP contribution in [0.25, 0.3) is 22.0 Å². The van der Waals surface area contributed by atoms with E-state index in [9.17, 15) is 0 Å². The standard InChI is InChI=1S/C25H30ClN5O2/c1-30-8-10-31(11-9-30)7-4-12-33-23-14-17-13-21-24(20(17)16-22(23)32-2)28-29-25(21)27-19-6-3-5-18(26)15-19/h3,5-6,13-16,27-29H,4,7-12H2,1-2H3. The summed E-state index contributed by atoms with van der Waals surface area (Å²) in [6.07, 6.45) is 0.995. The third kappa shape index (κ3) is 4.76. The number of methoxy groups -OCH3 is 1. The number of nitrogens with zero attached hydrogens (tertiary/aromatic N) is 2. The molecule has 2 aromatic carbocycles. The number of nitrogens with one attached hydrogen (secondary N) is 3. The number of likely N-dealkylation sites (N-methyl/N-ethyl adjacent to an activating group) is 1. The molecular weight excluding hydrogens is 438 g/mol. The zero-order valence-electron chi connectivity index (χ0n) is 19.1. The van der Waals surface area contributed by atoms with Crippen LogP contribution in [-0.4, -0.2) is 73.5 Å². The van der Waals surface area contributed by atoms with Gasteiger partial charge in [-0.3, -0.25) is 10.2 Å². The van der Waals surface area contributed by atoms with E-state index in [-0.39, 0.29) is 0 Å². The maximum Gasteiger partial charge on any atom is 0.161 e. The third-order valence-corrected chi connectivity index (χ3v) is 6.56. The van der Waals surface area contributed by atoms with Gasteiger partial charge in [-0.2, -0.15) is 0 Å². The summed E-state index contributed by atoms with van der Waals surface area (Å²) in [5, 5.41) is 12.8. The summed E-state index contributed by atoms with van der Waals surface area (Å²) < 4.78 is 11.8. The molecule has 174 valence electrons. The molecule has 33 heavy (non-hydrogen) atoms. The average molecular weight is 468 g/mol. The van der Waals surface area contributed by atoms with Gasteiger partial charge in [-0.05, 0) is 55.3 Å². The van der Waals surface area contributed by atoms with Gasteiger partial charge in [0.05, 0.1) is 19.4 Å². The molecule has 0 unspecified atom stereocenters. The topological polar surface area (TPSA) is 68.5 Å². The second kappa shape index (κ2) is 9.55. The smallest absolute Gasteiger partial charge is 0.161 e. The molecule has 2 heterocycles. The van der Waals surface area contributed by atoms with Crippen molar-refractivity contribution >= 4 is 33.9 Å². The molecule has 0 atom stereocenters. The van der Waals surface area contributed by atoms with E-state index >= 15 is 0 Å². The first-order valence-corrected chi connectivity index (χ1v) is 11.8. The fourth-order valence-corrected chi connectivity index (χ4v) is 4.62. The summed E-state index contributed by atoms with van der Waals surface area (Å²) >= 11 is 6.13. The van der Waals surface area contributed by atoms with E-state index in [4.69, 9.17) is 21.1 Å². The van der Waals surface area contributed by atoms with Gasteiger partial charge in [0.1, 0.15) is 5.82 Å². The van der Waals surface area contributed by atoms with Crippen molar-refractivity contribution in [3.05, 3.63) is 47.5 Å². The number of rotatable bonds is 8. The minimum absolute atomic E-state index is 0.669. The quantitative estimate of drug-likeness (QED) is 0.317. The van der Waals surface area contributed by atoms with Crippen molar-refractivity contribution < 1.29 is 9.47 Å².